The summed E-state index contributed by atoms with van der Waals surface area (Å²) < 4.78 is 1.54. The number of hydrogen-bond donors (Lipinski definition) is 2. The molecule has 1 aromatic carbocycles. The molecule has 0 saturated carbocycles. The Morgan fingerprint density at radius 2 is 2.00 bits per heavy atom. The number of anilines is 1. The third kappa shape index (κ3) is 3.24. The van der Waals surface area contributed by atoms with Crippen LogP contribution in [0.5, 0.6) is 5.75 Å². The minimum Gasteiger partial charge on any atom is -0.506 e. The molecule has 0 spiro atoms. The van der Waals surface area contributed by atoms with Crippen molar-refractivity contribution in [2.24, 2.45) is 5.92 Å². The van der Waals surface area contributed by atoms with Crippen LogP contribution in [0.1, 0.15) is 24.2 Å². The summed E-state index contributed by atoms with van der Waals surface area (Å²) in [7, 11) is 0. The van der Waals surface area contributed by atoms with E-state index in [1.54, 1.807) is 42.6 Å². The van der Waals surface area contributed by atoms with E-state index in [0.717, 1.165) is 0 Å². The first-order chi connectivity index (χ1) is 12.0. The number of carbonyl (C=O) groups is 1. The van der Waals surface area contributed by atoms with Gasteiger partial charge in [-0.25, -0.2) is 0 Å². The van der Waals surface area contributed by atoms with Crippen molar-refractivity contribution < 1.29 is 9.90 Å². The van der Waals surface area contributed by atoms with Gasteiger partial charge in [-0.3, -0.25) is 14.6 Å². The first-order valence-corrected chi connectivity index (χ1v) is 8.05. The Morgan fingerprint density at radius 1 is 1.24 bits per heavy atom. The molecule has 0 unspecified atom stereocenters. The molecule has 6 nitrogen and oxygen atoms in total. The van der Waals surface area contributed by atoms with E-state index in [9.17, 15) is 14.7 Å². The van der Waals surface area contributed by atoms with Gasteiger partial charge >= 0.3 is 0 Å². The van der Waals surface area contributed by atoms with Crippen LogP contribution in [0.15, 0.2) is 53.6 Å². The minimum absolute atomic E-state index is 0.208. The quantitative estimate of drug-likeness (QED) is 0.766. The van der Waals surface area contributed by atoms with Crippen molar-refractivity contribution in [2.45, 2.75) is 20.4 Å². The van der Waals surface area contributed by atoms with E-state index in [1.165, 1.54) is 10.8 Å². The number of benzene rings is 1. The molecule has 3 rings (SSSR count). The van der Waals surface area contributed by atoms with Crippen molar-refractivity contribution in [3.05, 3.63) is 64.7 Å². The van der Waals surface area contributed by atoms with Gasteiger partial charge in [0, 0.05) is 18.1 Å². The van der Waals surface area contributed by atoms with Crippen molar-refractivity contribution in [1.82, 2.24) is 9.55 Å². The molecule has 3 aromatic rings. The maximum atomic E-state index is 12.9. The van der Waals surface area contributed by atoms with E-state index in [0.29, 0.717) is 23.1 Å². The topological polar surface area (TPSA) is 84.2 Å². The Hall–Kier alpha value is -3.15. The standard InChI is InChI=1S/C19H19N3O3/c1-12(2)11-22-15-8-4-3-7-14(15)17(23)16(19(22)25)18(24)21-13-6-5-9-20-10-13/h3-10,12,23H,11H2,1-2H3,(H,21,24). The lowest BCUT2D eigenvalue weighted by Crippen LogP contribution is -2.31. The van der Waals surface area contributed by atoms with Gasteiger partial charge in [0.2, 0.25) is 0 Å². The summed E-state index contributed by atoms with van der Waals surface area (Å²) in [5.41, 5.74) is 0.293. The molecule has 0 aliphatic carbocycles. The number of nitrogens with zero attached hydrogens (tertiary/aromatic N) is 2. The fourth-order valence-corrected chi connectivity index (χ4v) is 2.77. The molecule has 128 valence electrons. The van der Waals surface area contributed by atoms with Gasteiger partial charge in [0.05, 0.1) is 17.4 Å². The normalized spacial score (nSPS) is 11.0. The Balaban J connectivity index is 2.17. The number of aromatic hydroxyl groups is 1. The van der Waals surface area contributed by atoms with Gasteiger partial charge in [0.1, 0.15) is 11.3 Å². The van der Waals surface area contributed by atoms with Crippen LogP contribution in [0.4, 0.5) is 5.69 Å². The van der Waals surface area contributed by atoms with Crippen LogP contribution in [-0.4, -0.2) is 20.6 Å². The highest BCUT2D eigenvalue weighted by Gasteiger charge is 2.22. The summed E-state index contributed by atoms with van der Waals surface area (Å²) in [5, 5.41) is 13.6. The van der Waals surface area contributed by atoms with Crippen molar-refractivity contribution in [3.8, 4) is 5.75 Å². The van der Waals surface area contributed by atoms with Gasteiger partial charge in [-0.15, -0.1) is 0 Å². The zero-order valence-corrected chi connectivity index (χ0v) is 14.1. The monoisotopic (exact) mass is 337 g/mol. The second-order valence-corrected chi connectivity index (χ2v) is 6.25. The second kappa shape index (κ2) is 6.76. The Morgan fingerprint density at radius 3 is 2.68 bits per heavy atom. The van der Waals surface area contributed by atoms with Crippen molar-refractivity contribution in [3.63, 3.8) is 0 Å². The molecule has 2 aromatic heterocycles. The molecule has 2 N–H and O–H groups in total. The molecule has 0 aliphatic rings. The number of nitrogens with one attached hydrogen (secondary N) is 1. The lowest BCUT2D eigenvalue weighted by atomic mass is 10.1. The Labute approximate surface area is 144 Å². The highest BCUT2D eigenvalue weighted by atomic mass is 16.3. The third-order valence-corrected chi connectivity index (χ3v) is 3.84. The van der Waals surface area contributed by atoms with E-state index < -0.39 is 11.5 Å². The van der Waals surface area contributed by atoms with Gasteiger partial charge < -0.3 is 15.0 Å². The Bertz CT molecular complexity index is 978. The predicted octanol–water partition coefficient (Wildman–Crippen LogP) is 3.01. The molecule has 2 heterocycles. The van der Waals surface area contributed by atoms with Gasteiger partial charge in [0.25, 0.3) is 11.5 Å². The van der Waals surface area contributed by atoms with Crippen LogP contribution in [0, 0.1) is 5.92 Å². The molecule has 0 fully saturated rings. The largest absolute Gasteiger partial charge is 0.506 e. The number of carbonyl (C=O) groups excluding carboxylic acids is 1. The summed E-state index contributed by atoms with van der Waals surface area (Å²) in [4.78, 5) is 29.4. The number of hydrogen-bond acceptors (Lipinski definition) is 4. The van der Waals surface area contributed by atoms with Crippen LogP contribution < -0.4 is 10.9 Å². The number of para-hydroxylation sites is 1. The SMILES string of the molecule is CC(C)Cn1c(=O)c(C(=O)Nc2cccnc2)c(O)c2ccccc21. The fraction of sp³-hybridized carbons (Fsp3) is 0.211. The smallest absolute Gasteiger partial charge is 0.267 e. The zero-order chi connectivity index (χ0) is 18.0. The maximum Gasteiger partial charge on any atom is 0.267 e. The predicted molar refractivity (Wildman–Crippen MR) is 96.9 cm³/mol. The lowest BCUT2D eigenvalue weighted by Gasteiger charge is -2.16. The number of amides is 1. The van der Waals surface area contributed by atoms with Gasteiger partial charge in [-0.05, 0) is 30.2 Å². The first kappa shape index (κ1) is 16.7. The molecule has 6 heteroatoms. The molecule has 0 saturated heterocycles. The first-order valence-electron chi connectivity index (χ1n) is 8.05. The molecular weight excluding hydrogens is 318 g/mol. The van der Waals surface area contributed by atoms with E-state index in [-0.39, 0.29) is 17.2 Å². The molecule has 0 radical (unpaired) electrons. The van der Waals surface area contributed by atoms with Crippen LogP contribution in [0.2, 0.25) is 0 Å². The van der Waals surface area contributed by atoms with Crippen molar-refractivity contribution >= 4 is 22.5 Å². The van der Waals surface area contributed by atoms with Crippen LogP contribution >= 0.6 is 0 Å². The van der Waals surface area contributed by atoms with Crippen molar-refractivity contribution in [2.75, 3.05) is 5.32 Å². The summed E-state index contributed by atoms with van der Waals surface area (Å²) in [6, 6.07) is 10.4. The number of rotatable bonds is 4. The van der Waals surface area contributed by atoms with Crippen LogP contribution in [0.25, 0.3) is 10.9 Å². The number of pyridine rings is 2. The van der Waals surface area contributed by atoms with E-state index in [1.807, 2.05) is 13.8 Å². The maximum absolute atomic E-state index is 12.9. The highest BCUT2D eigenvalue weighted by molar-refractivity contribution is 6.09. The average molecular weight is 337 g/mol. The minimum atomic E-state index is -0.654. The molecule has 0 bridgehead atoms. The molecule has 1 amide bonds. The third-order valence-electron chi connectivity index (χ3n) is 3.84. The fourth-order valence-electron chi connectivity index (χ4n) is 2.77. The van der Waals surface area contributed by atoms with E-state index in [2.05, 4.69) is 10.3 Å². The van der Waals surface area contributed by atoms with Gasteiger partial charge in [-0.2, -0.15) is 0 Å². The summed E-state index contributed by atoms with van der Waals surface area (Å²) >= 11 is 0. The Kier molecular flexibility index (Phi) is 4.52. The van der Waals surface area contributed by atoms with E-state index >= 15 is 0 Å². The molecular formula is C19H19N3O3. The average Bonchev–Trinajstić information content (AvgIpc) is 2.59. The molecule has 25 heavy (non-hydrogen) atoms. The van der Waals surface area contributed by atoms with Crippen molar-refractivity contribution in [1.29, 1.82) is 0 Å². The highest BCUT2D eigenvalue weighted by Crippen LogP contribution is 2.27. The number of aromatic nitrogens is 2. The van der Waals surface area contributed by atoms with Gasteiger partial charge in [0.15, 0.2) is 0 Å². The summed E-state index contributed by atoms with van der Waals surface area (Å²) in [6.07, 6.45) is 3.06. The molecule has 0 aliphatic heterocycles. The summed E-state index contributed by atoms with van der Waals surface area (Å²) in [6.45, 7) is 4.43. The van der Waals surface area contributed by atoms with Crippen LogP contribution in [-0.2, 0) is 6.54 Å². The zero-order valence-electron chi connectivity index (χ0n) is 14.1. The number of fused-ring (bicyclic) bond motifs is 1. The second-order valence-electron chi connectivity index (χ2n) is 6.25. The summed E-state index contributed by atoms with van der Waals surface area (Å²) in [5.74, 6) is -0.749. The van der Waals surface area contributed by atoms with E-state index in [4.69, 9.17) is 0 Å². The lowest BCUT2D eigenvalue weighted by molar-refractivity contribution is 0.102. The van der Waals surface area contributed by atoms with Gasteiger partial charge in [-0.1, -0.05) is 26.0 Å². The van der Waals surface area contributed by atoms with Crippen LogP contribution in [0.3, 0.4) is 0 Å². The molecule has 0 atom stereocenters.